The molecule has 0 aliphatic heterocycles. The molecule has 2 N–H and O–H groups in total. The molecule has 0 aromatic carbocycles. The summed E-state index contributed by atoms with van der Waals surface area (Å²) in [5.41, 5.74) is 5.99. The van der Waals surface area contributed by atoms with Crippen LogP contribution in [0.4, 0.5) is 0 Å². The third-order valence-electron chi connectivity index (χ3n) is 3.42. The fourth-order valence-electron chi connectivity index (χ4n) is 2.32. The standard InChI is InChI=1S/C12H21N3O2/c1-16-9-6-10-14-11(17-15-10)12(13)7-4-2-3-5-8-12/h2-9,13H2,1H3. The van der Waals surface area contributed by atoms with Crippen LogP contribution in [0.1, 0.15) is 50.2 Å². The molecule has 0 radical (unpaired) electrons. The van der Waals surface area contributed by atoms with Gasteiger partial charge in [0.2, 0.25) is 5.89 Å². The number of hydrogen-bond donors (Lipinski definition) is 1. The Hall–Kier alpha value is -0.940. The molecule has 0 bridgehead atoms. The maximum Gasteiger partial charge on any atom is 0.246 e. The minimum atomic E-state index is -0.408. The van der Waals surface area contributed by atoms with Gasteiger partial charge in [-0.05, 0) is 12.8 Å². The molecule has 0 saturated heterocycles. The highest BCUT2D eigenvalue weighted by atomic mass is 16.5. The van der Waals surface area contributed by atoms with E-state index in [0.717, 1.165) is 25.7 Å². The van der Waals surface area contributed by atoms with E-state index in [4.69, 9.17) is 15.0 Å². The van der Waals surface area contributed by atoms with Gasteiger partial charge in [-0.15, -0.1) is 0 Å². The van der Waals surface area contributed by atoms with Crippen LogP contribution in [0.15, 0.2) is 4.52 Å². The highest BCUT2D eigenvalue weighted by molar-refractivity contribution is 5.03. The largest absolute Gasteiger partial charge is 0.384 e. The van der Waals surface area contributed by atoms with Crippen molar-refractivity contribution in [2.24, 2.45) is 5.73 Å². The van der Waals surface area contributed by atoms with Gasteiger partial charge >= 0.3 is 0 Å². The highest BCUT2D eigenvalue weighted by Gasteiger charge is 2.34. The molecule has 1 fully saturated rings. The second kappa shape index (κ2) is 5.60. The van der Waals surface area contributed by atoms with E-state index in [2.05, 4.69) is 10.1 Å². The molecular weight excluding hydrogens is 218 g/mol. The van der Waals surface area contributed by atoms with E-state index in [0.29, 0.717) is 24.7 Å². The van der Waals surface area contributed by atoms with Crippen molar-refractivity contribution in [3.8, 4) is 0 Å². The third-order valence-corrected chi connectivity index (χ3v) is 3.42. The van der Waals surface area contributed by atoms with Crippen LogP contribution in [0.25, 0.3) is 0 Å². The predicted octanol–water partition coefficient (Wildman–Crippen LogP) is 1.77. The molecule has 96 valence electrons. The summed E-state index contributed by atoms with van der Waals surface area (Å²) in [6.07, 6.45) is 7.36. The van der Waals surface area contributed by atoms with Gasteiger partial charge in [0.05, 0.1) is 12.1 Å². The van der Waals surface area contributed by atoms with Crippen molar-refractivity contribution in [2.75, 3.05) is 13.7 Å². The van der Waals surface area contributed by atoms with E-state index in [1.54, 1.807) is 7.11 Å². The van der Waals surface area contributed by atoms with Crippen LogP contribution >= 0.6 is 0 Å². The summed E-state index contributed by atoms with van der Waals surface area (Å²) >= 11 is 0. The van der Waals surface area contributed by atoms with E-state index in [1.807, 2.05) is 0 Å². The number of aromatic nitrogens is 2. The maximum absolute atomic E-state index is 6.39. The van der Waals surface area contributed by atoms with E-state index in [9.17, 15) is 0 Å². The SMILES string of the molecule is COCCc1noc(C2(N)CCCCCC2)n1. The smallest absolute Gasteiger partial charge is 0.246 e. The summed E-state index contributed by atoms with van der Waals surface area (Å²) in [5, 5.41) is 3.96. The number of ether oxygens (including phenoxy) is 1. The second-order valence-corrected chi connectivity index (χ2v) is 4.83. The minimum Gasteiger partial charge on any atom is -0.384 e. The topological polar surface area (TPSA) is 74.2 Å². The average molecular weight is 239 g/mol. The molecule has 5 nitrogen and oxygen atoms in total. The summed E-state index contributed by atoms with van der Waals surface area (Å²) < 4.78 is 10.3. The number of nitrogens with two attached hydrogens (primary N) is 1. The molecule has 1 heterocycles. The Kier molecular flexibility index (Phi) is 4.12. The van der Waals surface area contributed by atoms with Crippen LogP contribution in [0.3, 0.4) is 0 Å². The summed E-state index contributed by atoms with van der Waals surface area (Å²) in [7, 11) is 1.66. The molecule has 1 aromatic rings. The summed E-state index contributed by atoms with van der Waals surface area (Å²) in [5.74, 6) is 1.29. The third kappa shape index (κ3) is 3.04. The molecule has 0 spiro atoms. The fourth-order valence-corrected chi connectivity index (χ4v) is 2.32. The van der Waals surface area contributed by atoms with Crippen molar-refractivity contribution in [1.82, 2.24) is 10.1 Å². The lowest BCUT2D eigenvalue weighted by atomic mass is 9.91. The number of hydrogen-bond acceptors (Lipinski definition) is 5. The van der Waals surface area contributed by atoms with Gasteiger partial charge in [-0.1, -0.05) is 30.8 Å². The summed E-state index contributed by atoms with van der Waals surface area (Å²) in [4.78, 5) is 4.40. The van der Waals surface area contributed by atoms with Gasteiger partial charge in [0.15, 0.2) is 5.82 Å². The molecule has 1 aliphatic rings. The van der Waals surface area contributed by atoms with Crippen LogP contribution in [-0.2, 0) is 16.7 Å². The van der Waals surface area contributed by atoms with Crippen molar-refractivity contribution in [1.29, 1.82) is 0 Å². The van der Waals surface area contributed by atoms with Crippen molar-refractivity contribution >= 4 is 0 Å². The summed E-state index contributed by atoms with van der Waals surface area (Å²) in [6.45, 7) is 0.608. The predicted molar refractivity (Wildman–Crippen MR) is 63.4 cm³/mol. The summed E-state index contributed by atoms with van der Waals surface area (Å²) in [6, 6.07) is 0. The molecule has 0 unspecified atom stereocenters. The first-order valence-electron chi connectivity index (χ1n) is 6.35. The first kappa shape index (κ1) is 12.5. The molecule has 5 heteroatoms. The van der Waals surface area contributed by atoms with Gasteiger partial charge in [0.1, 0.15) is 0 Å². The molecule has 2 rings (SSSR count). The van der Waals surface area contributed by atoms with E-state index in [1.165, 1.54) is 12.8 Å². The molecular formula is C12H21N3O2. The second-order valence-electron chi connectivity index (χ2n) is 4.83. The number of nitrogens with zero attached hydrogens (tertiary/aromatic N) is 2. The average Bonchev–Trinajstić information content (AvgIpc) is 2.70. The van der Waals surface area contributed by atoms with Gasteiger partial charge in [-0.25, -0.2) is 0 Å². The highest BCUT2D eigenvalue weighted by Crippen LogP contribution is 2.32. The molecule has 1 aliphatic carbocycles. The van der Waals surface area contributed by atoms with Gasteiger partial charge in [-0.2, -0.15) is 4.98 Å². The van der Waals surface area contributed by atoms with Crippen LogP contribution in [0.2, 0.25) is 0 Å². The minimum absolute atomic E-state index is 0.408. The van der Waals surface area contributed by atoms with Crippen LogP contribution < -0.4 is 5.73 Å². The maximum atomic E-state index is 6.39. The first-order valence-corrected chi connectivity index (χ1v) is 6.35. The van der Waals surface area contributed by atoms with Gasteiger partial charge < -0.3 is 15.0 Å². The van der Waals surface area contributed by atoms with E-state index in [-0.39, 0.29) is 0 Å². The Morgan fingerprint density at radius 1 is 1.29 bits per heavy atom. The molecule has 1 aromatic heterocycles. The van der Waals surface area contributed by atoms with Crippen molar-refractivity contribution in [3.05, 3.63) is 11.7 Å². The van der Waals surface area contributed by atoms with Crippen LogP contribution in [-0.4, -0.2) is 23.9 Å². The molecule has 0 amide bonds. The first-order chi connectivity index (χ1) is 8.24. The fraction of sp³-hybridized carbons (Fsp3) is 0.833. The van der Waals surface area contributed by atoms with Gasteiger partial charge in [0.25, 0.3) is 0 Å². The lowest BCUT2D eigenvalue weighted by Gasteiger charge is -2.22. The van der Waals surface area contributed by atoms with Crippen molar-refractivity contribution in [2.45, 2.75) is 50.5 Å². The lowest BCUT2D eigenvalue weighted by molar-refractivity contribution is 0.199. The Balaban J connectivity index is 2.06. The van der Waals surface area contributed by atoms with Crippen LogP contribution in [0, 0.1) is 0 Å². The van der Waals surface area contributed by atoms with Crippen LogP contribution in [0.5, 0.6) is 0 Å². The Bertz CT molecular complexity index is 343. The number of rotatable bonds is 4. The Morgan fingerprint density at radius 3 is 2.65 bits per heavy atom. The molecule has 17 heavy (non-hydrogen) atoms. The van der Waals surface area contributed by atoms with Crippen molar-refractivity contribution in [3.63, 3.8) is 0 Å². The Labute approximate surface area is 102 Å². The zero-order valence-electron chi connectivity index (χ0n) is 10.4. The number of methoxy groups -OCH3 is 1. The normalized spacial score (nSPS) is 20.1. The van der Waals surface area contributed by atoms with Gasteiger partial charge in [-0.3, -0.25) is 0 Å². The van der Waals surface area contributed by atoms with E-state index >= 15 is 0 Å². The zero-order valence-corrected chi connectivity index (χ0v) is 10.4. The Morgan fingerprint density at radius 2 is 2.00 bits per heavy atom. The van der Waals surface area contributed by atoms with E-state index < -0.39 is 5.54 Å². The molecule has 1 saturated carbocycles. The zero-order chi connectivity index (χ0) is 12.1. The lowest BCUT2D eigenvalue weighted by Crippen LogP contribution is -2.36. The monoisotopic (exact) mass is 239 g/mol. The van der Waals surface area contributed by atoms with Gasteiger partial charge in [0, 0.05) is 13.5 Å². The quantitative estimate of drug-likeness (QED) is 0.810. The molecule has 0 atom stereocenters. The van der Waals surface area contributed by atoms with Crippen molar-refractivity contribution < 1.29 is 9.26 Å².